The van der Waals surface area contributed by atoms with Gasteiger partial charge in [0.1, 0.15) is 5.82 Å². The molecule has 1 aromatic carbocycles. The number of hydrogen-bond donors (Lipinski definition) is 0. The first-order valence-electron chi connectivity index (χ1n) is 5.74. The molecule has 1 heterocycles. The lowest BCUT2D eigenvalue weighted by Gasteiger charge is -2.20. The van der Waals surface area contributed by atoms with Crippen molar-refractivity contribution in [2.45, 2.75) is 13.8 Å². The number of aromatic nitrogens is 1. The number of nitrogens with zero attached hydrogens (tertiary/aromatic N) is 2. The first kappa shape index (κ1) is 10.9. The van der Waals surface area contributed by atoms with E-state index in [1.807, 2.05) is 12.1 Å². The summed E-state index contributed by atoms with van der Waals surface area (Å²) >= 11 is 0. The van der Waals surface area contributed by atoms with Gasteiger partial charge in [-0.1, -0.05) is 32.0 Å². The van der Waals surface area contributed by atoms with Crippen LogP contribution in [-0.2, 0) is 0 Å². The van der Waals surface area contributed by atoms with Crippen molar-refractivity contribution in [3.63, 3.8) is 0 Å². The van der Waals surface area contributed by atoms with Crippen molar-refractivity contribution in [3.05, 3.63) is 36.4 Å². The third-order valence-electron chi connectivity index (χ3n) is 2.61. The zero-order valence-corrected chi connectivity index (χ0v) is 10.1. The Bertz CT molecular complexity index is 477. The quantitative estimate of drug-likeness (QED) is 0.779. The fraction of sp³-hybridized carbons (Fsp3) is 0.357. The molecule has 0 unspecified atom stereocenters. The van der Waals surface area contributed by atoms with Gasteiger partial charge in [-0.3, -0.25) is 0 Å². The summed E-state index contributed by atoms with van der Waals surface area (Å²) < 4.78 is 0. The topological polar surface area (TPSA) is 16.1 Å². The number of para-hydroxylation sites is 1. The maximum atomic E-state index is 4.65. The van der Waals surface area contributed by atoms with Crippen LogP contribution in [0.5, 0.6) is 0 Å². The molecule has 2 rings (SSSR count). The SMILES string of the molecule is CC(C)CN(C)c1ccc2ccccc2n1. The van der Waals surface area contributed by atoms with E-state index in [-0.39, 0.29) is 0 Å². The lowest BCUT2D eigenvalue weighted by molar-refractivity contribution is 0.635. The Kier molecular flexibility index (Phi) is 3.09. The Labute approximate surface area is 96.9 Å². The largest absolute Gasteiger partial charge is 0.359 e. The number of benzene rings is 1. The van der Waals surface area contributed by atoms with Gasteiger partial charge in [0.05, 0.1) is 5.52 Å². The lowest BCUT2D eigenvalue weighted by atomic mass is 10.2. The molecule has 0 saturated carbocycles. The molecular formula is C14H18N2. The third kappa shape index (κ3) is 2.32. The van der Waals surface area contributed by atoms with Gasteiger partial charge < -0.3 is 4.90 Å². The predicted molar refractivity (Wildman–Crippen MR) is 69.9 cm³/mol. The van der Waals surface area contributed by atoms with E-state index < -0.39 is 0 Å². The summed E-state index contributed by atoms with van der Waals surface area (Å²) in [4.78, 5) is 6.86. The van der Waals surface area contributed by atoms with Crippen molar-refractivity contribution in [1.29, 1.82) is 0 Å². The molecule has 2 heteroatoms. The van der Waals surface area contributed by atoms with Crippen LogP contribution in [0.4, 0.5) is 5.82 Å². The summed E-state index contributed by atoms with van der Waals surface area (Å²) in [6, 6.07) is 12.4. The summed E-state index contributed by atoms with van der Waals surface area (Å²) in [5.74, 6) is 1.70. The van der Waals surface area contributed by atoms with Gasteiger partial charge in [0.2, 0.25) is 0 Å². The number of pyridine rings is 1. The lowest BCUT2D eigenvalue weighted by Crippen LogP contribution is -2.23. The van der Waals surface area contributed by atoms with Gasteiger partial charge in [-0.15, -0.1) is 0 Å². The Morgan fingerprint density at radius 2 is 1.88 bits per heavy atom. The average Bonchev–Trinajstić information content (AvgIpc) is 2.27. The summed E-state index contributed by atoms with van der Waals surface area (Å²) in [5.41, 5.74) is 1.07. The molecule has 1 aromatic heterocycles. The molecule has 84 valence electrons. The van der Waals surface area contributed by atoms with Gasteiger partial charge in [-0.05, 0) is 24.1 Å². The zero-order chi connectivity index (χ0) is 11.5. The molecule has 2 aromatic rings. The fourth-order valence-electron chi connectivity index (χ4n) is 1.91. The normalized spacial score (nSPS) is 11.0. The zero-order valence-electron chi connectivity index (χ0n) is 10.1. The minimum Gasteiger partial charge on any atom is -0.359 e. The maximum Gasteiger partial charge on any atom is 0.128 e. The van der Waals surface area contributed by atoms with Crippen LogP contribution in [0.25, 0.3) is 10.9 Å². The van der Waals surface area contributed by atoms with Crippen molar-refractivity contribution in [2.75, 3.05) is 18.5 Å². The first-order chi connectivity index (χ1) is 7.66. The second-order valence-electron chi connectivity index (χ2n) is 4.64. The molecule has 0 atom stereocenters. The Hall–Kier alpha value is -1.57. The maximum absolute atomic E-state index is 4.65. The van der Waals surface area contributed by atoms with Crippen molar-refractivity contribution >= 4 is 16.7 Å². The van der Waals surface area contributed by atoms with E-state index in [1.54, 1.807) is 0 Å². The van der Waals surface area contributed by atoms with Crippen LogP contribution in [0.2, 0.25) is 0 Å². The van der Waals surface area contributed by atoms with Gasteiger partial charge in [0.15, 0.2) is 0 Å². The Balaban J connectivity index is 2.32. The molecule has 0 aliphatic rings. The van der Waals surface area contributed by atoms with Crippen LogP contribution in [0.1, 0.15) is 13.8 Å². The second kappa shape index (κ2) is 4.52. The van der Waals surface area contributed by atoms with Gasteiger partial charge in [-0.25, -0.2) is 4.98 Å². The molecule has 0 aliphatic carbocycles. The van der Waals surface area contributed by atoms with Crippen molar-refractivity contribution < 1.29 is 0 Å². The molecule has 0 spiro atoms. The van der Waals surface area contributed by atoms with E-state index in [2.05, 4.69) is 55.0 Å². The molecule has 0 amide bonds. The van der Waals surface area contributed by atoms with Crippen molar-refractivity contribution in [2.24, 2.45) is 5.92 Å². The highest BCUT2D eigenvalue weighted by Gasteiger charge is 2.05. The van der Waals surface area contributed by atoms with Crippen LogP contribution in [0.15, 0.2) is 36.4 Å². The predicted octanol–water partition coefficient (Wildman–Crippen LogP) is 3.33. The van der Waals surface area contributed by atoms with E-state index in [4.69, 9.17) is 0 Å². The number of hydrogen-bond acceptors (Lipinski definition) is 2. The van der Waals surface area contributed by atoms with Crippen LogP contribution in [0, 0.1) is 5.92 Å². The summed E-state index contributed by atoms with van der Waals surface area (Å²) in [7, 11) is 2.09. The van der Waals surface area contributed by atoms with E-state index in [0.717, 1.165) is 17.9 Å². The van der Waals surface area contributed by atoms with Crippen LogP contribution >= 0.6 is 0 Å². The first-order valence-corrected chi connectivity index (χ1v) is 5.74. The molecule has 0 N–H and O–H groups in total. The monoisotopic (exact) mass is 214 g/mol. The van der Waals surface area contributed by atoms with Crippen LogP contribution in [0.3, 0.4) is 0 Å². The third-order valence-corrected chi connectivity index (χ3v) is 2.61. The molecule has 2 nitrogen and oxygen atoms in total. The van der Waals surface area contributed by atoms with E-state index >= 15 is 0 Å². The highest BCUT2D eigenvalue weighted by Crippen LogP contribution is 2.17. The van der Waals surface area contributed by atoms with E-state index in [1.165, 1.54) is 5.39 Å². The molecule has 0 bridgehead atoms. The fourth-order valence-corrected chi connectivity index (χ4v) is 1.91. The Morgan fingerprint density at radius 3 is 2.62 bits per heavy atom. The summed E-state index contributed by atoms with van der Waals surface area (Å²) in [5, 5.41) is 1.20. The summed E-state index contributed by atoms with van der Waals surface area (Å²) in [6.07, 6.45) is 0. The number of fused-ring (bicyclic) bond motifs is 1. The average molecular weight is 214 g/mol. The van der Waals surface area contributed by atoms with Crippen LogP contribution < -0.4 is 4.90 Å². The molecule has 0 fully saturated rings. The Morgan fingerprint density at radius 1 is 1.12 bits per heavy atom. The van der Waals surface area contributed by atoms with Gasteiger partial charge in [0.25, 0.3) is 0 Å². The standard InChI is InChI=1S/C14H18N2/c1-11(2)10-16(3)14-9-8-12-6-4-5-7-13(12)15-14/h4-9,11H,10H2,1-3H3. The van der Waals surface area contributed by atoms with Crippen molar-refractivity contribution in [1.82, 2.24) is 4.98 Å². The molecule has 16 heavy (non-hydrogen) atoms. The molecule has 0 saturated heterocycles. The smallest absolute Gasteiger partial charge is 0.128 e. The molecule has 0 radical (unpaired) electrons. The van der Waals surface area contributed by atoms with Gasteiger partial charge >= 0.3 is 0 Å². The highest BCUT2D eigenvalue weighted by atomic mass is 15.2. The minimum absolute atomic E-state index is 0.651. The van der Waals surface area contributed by atoms with Gasteiger partial charge in [0, 0.05) is 19.0 Å². The van der Waals surface area contributed by atoms with Crippen LogP contribution in [-0.4, -0.2) is 18.6 Å². The van der Waals surface area contributed by atoms with E-state index in [0.29, 0.717) is 5.92 Å². The second-order valence-corrected chi connectivity index (χ2v) is 4.64. The number of anilines is 1. The minimum atomic E-state index is 0.651. The highest BCUT2D eigenvalue weighted by molar-refractivity contribution is 5.80. The molecule has 0 aliphatic heterocycles. The molecular weight excluding hydrogens is 196 g/mol. The van der Waals surface area contributed by atoms with Gasteiger partial charge in [-0.2, -0.15) is 0 Å². The van der Waals surface area contributed by atoms with E-state index in [9.17, 15) is 0 Å². The summed E-state index contributed by atoms with van der Waals surface area (Å²) in [6.45, 7) is 5.47. The number of rotatable bonds is 3. The van der Waals surface area contributed by atoms with Crippen molar-refractivity contribution in [3.8, 4) is 0 Å².